The van der Waals surface area contributed by atoms with Crippen LogP contribution in [0.15, 0.2) is 60.7 Å². The van der Waals surface area contributed by atoms with Crippen LogP contribution in [0.1, 0.15) is 46.0 Å². The summed E-state index contributed by atoms with van der Waals surface area (Å²) >= 11 is 0. The molecule has 3 rings (SSSR count). The third-order valence-electron chi connectivity index (χ3n) is 5.80. The summed E-state index contributed by atoms with van der Waals surface area (Å²) in [7, 11) is -2.90. The van der Waals surface area contributed by atoms with E-state index in [1.54, 1.807) is 0 Å². The van der Waals surface area contributed by atoms with Crippen molar-refractivity contribution in [1.29, 1.82) is 0 Å². The molecule has 1 heterocycles. The van der Waals surface area contributed by atoms with Crippen LogP contribution in [0, 0.1) is 5.92 Å². The topological polar surface area (TPSA) is 32.3 Å². The second kappa shape index (κ2) is 10.4. The molecule has 1 saturated heterocycles. The van der Waals surface area contributed by atoms with Gasteiger partial charge in [-0.05, 0) is 56.1 Å². The molecule has 1 N–H and O–H groups in total. The van der Waals surface area contributed by atoms with Gasteiger partial charge in [-0.1, -0.05) is 69.5 Å². The minimum absolute atomic E-state index is 0.186. The van der Waals surface area contributed by atoms with Crippen LogP contribution in [-0.2, 0) is 4.57 Å². The normalized spacial score (nSPS) is 17.8. The average Bonchev–Trinajstić information content (AvgIpc) is 2.70. The third kappa shape index (κ3) is 5.56. The van der Waals surface area contributed by atoms with E-state index in [-0.39, 0.29) is 6.04 Å². The number of nitrogens with zero attached hydrogens (tertiary/aromatic N) is 1. The van der Waals surface area contributed by atoms with Crippen LogP contribution < -0.4 is 15.7 Å². The first-order valence-corrected chi connectivity index (χ1v) is 12.5. The van der Waals surface area contributed by atoms with E-state index in [4.69, 9.17) is 0 Å². The fourth-order valence-electron chi connectivity index (χ4n) is 3.98. The van der Waals surface area contributed by atoms with Crippen molar-refractivity contribution in [3.05, 3.63) is 60.7 Å². The van der Waals surface area contributed by atoms with Crippen molar-refractivity contribution in [2.75, 3.05) is 19.6 Å². The highest BCUT2D eigenvalue weighted by Gasteiger charge is 2.32. The van der Waals surface area contributed by atoms with Gasteiger partial charge >= 0.3 is 0 Å². The highest BCUT2D eigenvalue weighted by molar-refractivity contribution is 7.76. The summed E-state index contributed by atoms with van der Waals surface area (Å²) < 4.78 is 14.4. The molecule has 0 radical (unpaired) electrons. The summed E-state index contributed by atoms with van der Waals surface area (Å²) in [6.07, 6.45) is 6.60. The molecule has 1 aliphatic rings. The molecule has 1 aliphatic heterocycles. The number of likely N-dealkylation sites (tertiary alicyclic amines) is 1. The molecular weight excluding hydrogens is 363 g/mol. The number of nitrogens with one attached hydrogen (secondary N) is 1. The molecule has 4 heteroatoms. The van der Waals surface area contributed by atoms with Crippen molar-refractivity contribution in [2.45, 2.75) is 52.0 Å². The zero-order valence-corrected chi connectivity index (χ0v) is 18.3. The lowest BCUT2D eigenvalue weighted by atomic mass is 10.0. The van der Waals surface area contributed by atoms with Gasteiger partial charge in [-0.3, -0.25) is 9.65 Å². The van der Waals surface area contributed by atoms with E-state index >= 15 is 0 Å². The lowest BCUT2D eigenvalue weighted by Gasteiger charge is -2.34. The molecular formula is C24H35N2OP. The van der Waals surface area contributed by atoms with E-state index in [9.17, 15) is 4.57 Å². The van der Waals surface area contributed by atoms with Gasteiger partial charge in [-0.15, -0.1) is 0 Å². The summed E-state index contributed by atoms with van der Waals surface area (Å²) in [5, 5.41) is 5.44. The van der Waals surface area contributed by atoms with E-state index in [0.717, 1.165) is 30.2 Å². The highest BCUT2D eigenvalue weighted by atomic mass is 31.2. The van der Waals surface area contributed by atoms with E-state index in [1.165, 1.54) is 32.1 Å². The Hall–Kier alpha value is -1.41. The number of benzene rings is 2. The summed E-state index contributed by atoms with van der Waals surface area (Å²) in [4.78, 5) is 2.58. The lowest BCUT2D eigenvalue weighted by Crippen LogP contribution is -2.46. The second-order valence-electron chi connectivity index (χ2n) is 8.33. The monoisotopic (exact) mass is 398 g/mol. The molecule has 0 bridgehead atoms. The Kier molecular flexibility index (Phi) is 7.91. The number of hydrogen-bond donors (Lipinski definition) is 1. The van der Waals surface area contributed by atoms with Gasteiger partial charge in [-0.25, -0.2) is 0 Å². The third-order valence-corrected chi connectivity index (χ3v) is 8.54. The molecule has 1 atom stereocenters. The van der Waals surface area contributed by atoms with Crippen LogP contribution >= 0.6 is 7.29 Å². The molecule has 1 fully saturated rings. The standard InChI is InChI=1S/C24H35N2OP/c1-21(2)24(20-26-18-12-4-3-5-13-19-26)25-28(27,22-14-8-6-9-15-22)23-16-10-7-11-17-23/h6-11,14-17,21,24H,3-5,12-13,18-20H2,1-2H3,(H,25,27). The van der Waals surface area contributed by atoms with Crippen molar-refractivity contribution in [2.24, 2.45) is 5.92 Å². The summed E-state index contributed by atoms with van der Waals surface area (Å²) in [6.45, 7) is 7.75. The average molecular weight is 399 g/mol. The fourth-order valence-corrected chi connectivity index (χ4v) is 6.61. The van der Waals surface area contributed by atoms with Crippen LogP contribution in [0.2, 0.25) is 0 Å². The van der Waals surface area contributed by atoms with Crippen molar-refractivity contribution in [1.82, 2.24) is 9.99 Å². The molecule has 0 saturated carbocycles. The van der Waals surface area contributed by atoms with Crippen LogP contribution in [0.5, 0.6) is 0 Å². The number of rotatable bonds is 7. The van der Waals surface area contributed by atoms with Gasteiger partial charge in [0.25, 0.3) is 0 Å². The summed E-state index contributed by atoms with van der Waals surface area (Å²) in [5.74, 6) is 0.409. The van der Waals surface area contributed by atoms with Crippen molar-refractivity contribution in [3.63, 3.8) is 0 Å². The largest absolute Gasteiger partial charge is 0.302 e. The van der Waals surface area contributed by atoms with Gasteiger partial charge in [-0.2, -0.15) is 0 Å². The van der Waals surface area contributed by atoms with Crippen molar-refractivity contribution < 1.29 is 4.57 Å². The smallest absolute Gasteiger partial charge is 0.204 e. The SMILES string of the molecule is CC(C)C(CN1CCCCCCC1)NP(=O)(c1ccccc1)c1ccccc1. The first kappa shape index (κ1) is 21.3. The van der Waals surface area contributed by atoms with Crippen molar-refractivity contribution >= 4 is 17.9 Å². The van der Waals surface area contributed by atoms with Gasteiger partial charge in [0.15, 0.2) is 0 Å². The Bertz CT molecular complexity index is 696. The Morgan fingerprint density at radius 2 is 1.29 bits per heavy atom. The van der Waals surface area contributed by atoms with E-state index in [0.29, 0.717) is 5.92 Å². The maximum absolute atomic E-state index is 14.4. The molecule has 28 heavy (non-hydrogen) atoms. The van der Waals surface area contributed by atoms with Crippen LogP contribution in [0.25, 0.3) is 0 Å². The van der Waals surface area contributed by atoms with E-state index in [2.05, 4.69) is 23.8 Å². The van der Waals surface area contributed by atoms with Crippen LogP contribution in [0.4, 0.5) is 0 Å². The minimum Gasteiger partial charge on any atom is -0.302 e. The Labute approximate surface area is 171 Å². The summed E-state index contributed by atoms with van der Waals surface area (Å²) in [6, 6.07) is 20.1. The molecule has 2 aromatic carbocycles. The van der Waals surface area contributed by atoms with Gasteiger partial charge in [0.1, 0.15) is 0 Å². The zero-order chi connectivity index (χ0) is 19.8. The Balaban J connectivity index is 1.85. The summed E-state index contributed by atoms with van der Waals surface area (Å²) in [5.41, 5.74) is 0. The molecule has 152 valence electrons. The van der Waals surface area contributed by atoms with Gasteiger partial charge in [0, 0.05) is 23.2 Å². The first-order chi connectivity index (χ1) is 13.6. The van der Waals surface area contributed by atoms with E-state index < -0.39 is 7.29 Å². The lowest BCUT2D eigenvalue weighted by molar-refractivity contribution is 0.212. The van der Waals surface area contributed by atoms with Crippen molar-refractivity contribution in [3.8, 4) is 0 Å². The number of hydrogen-bond acceptors (Lipinski definition) is 2. The molecule has 1 unspecified atom stereocenters. The quantitative estimate of drug-likeness (QED) is 0.680. The van der Waals surface area contributed by atoms with E-state index in [1.807, 2.05) is 60.7 Å². The maximum atomic E-state index is 14.4. The molecule has 0 aromatic heterocycles. The molecule has 0 amide bonds. The van der Waals surface area contributed by atoms with Crippen LogP contribution in [-0.4, -0.2) is 30.6 Å². The van der Waals surface area contributed by atoms with Gasteiger partial charge in [0.05, 0.1) is 0 Å². The predicted molar refractivity (Wildman–Crippen MR) is 121 cm³/mol. The molecule has 3 nitrogen and oxygen atoms in total. The van der Waals surface area contributed by atoms with Crippen LogP contribution in [0.3, 0.4) is 0 Å². The zero-order valence-electron chi connectivity index (χ0n) is 17.4. The minimum atomic E-state index is -2.90. The van der Waals surface area contributed by atoms with Gasteiger partial charge < -0.3 is 4.90 Å². The Morgan fingerprint density at radius 1 is 0.821 bits per heavy atom. The fraction of sp³-hybridized carbons (Fsp3) is 0.500. The molecule has 0 spiro atoms. The van der Waals surface area contributed by atoms with Gasteiger partial charge in [0.2, 0.25) is 7.29 Å². The predicted octanol–water partition coefficient (Wildman–Crippen LogP) is 4.80. The molecule has 0 aliphatic carbocycles. The highest BCUT2D eigenvalue weighted by Crippen LogP contribution is 2.40. The maximum Gasteiger partial charge on any atom is 0.204 e. The first-order valence-electron chi connectivity index (χ1n) is 10.8. The second-order valence-corrected chi connectivity index (χ2v) is 10.8. The molecule has 2 aromatic rings. The Morgan fingerprint density at radius 3 is 1.75 bits per heavy atom.